The van der Waals surface area contributed by atoms with Crippen LogP contribution in [0.25, 0.3) is 0 Å². The number of rotatable bonds is 7. The van der Waals surface area contributed by atoms with Gasteiger partial charge >= 0.3 is 6.03 Å². The SMILES string of the molecule is CC(C)CC(C)N(C)C(=O)NCc1cccnc1Oc1cccc(F)c1. The molecule has 26 heavy (non-hydrogen) atoms. The van der Waals surface area contributed by atoms with Crippen molar-refractivity contribution in [3.63, 3.8) is 0 Å². The number of pyridine rings is 1. The van der Waals surface area contributed by atoms with Gasteiger partial charge in [0.25, 0.3) is 0 Å². The number of aromatic nitrogens is 1. The summed E-state index contributed by atoms with van der Waals surface area (Å²) in [5.41, 5.74) is 0.718. The summed E-state index contributed by atoms with van der Waals surface area (Å²) in [6.07, 6.45) is 2.53. The first kappa shape index (κ1) is 19.7. The maximum absolute atomic E-state index is 13.3. The molecule has 2 amide bonds. The molecule has 0 spiro atoms. The third-order valence-electron chi connectivity index (χ3n) is 4.08. The van der Waals surface area contributed by atoms with Crippen LogP contribution in [0.3, 0.4) is 0 Å². The van der Waals surface area contributed by atoms with E-state index in [-0.39, 0.29) is 24.4 Å². The number of carbonyl (C=O) groups excluding carboxylic acids is 1. The fourth-order valence-electron chi connectivity index (χ4n) is 2.63. The first-order chi connectivity index (χ1) is 12.4. The lowest BCUT2D eigenvalue weighted by Gasteiger charge is -2.26. The molecule has 0 bridgehead atoms. The third kappa shape index (κ3) is 5.72. The molecule has 1 aromatic heterocycles. The molecule has 0 aliphatic heterocycles. The molecule has 5 nitrogen and oxygen atoms in total. The van der Waals surface area contributed by atoms with Gasteiger partial charge in [-0.2, -0.15) is 0 Å². The quantitative estimate of drug-likeness (QED) is 0.787. The molecule has 6 heteroatoms. The van der Waals surface area contributed by atoms with E-state index >= 15 is 0 Å². The maximum Gasteiger partial charge on any atom is 0.317 e. The number of hydrogen-bond acceptors (Lipinski definition) is 3. The third-order valence-corrected chi connectivity index (χ3v) is 4.08. The molecule has 0 aliphatic carbocycles. The van der Waals surface area contributed by atoms with E-state index in [0.29, 0.717) is 17.5 Å². The molecule has 0 aliphatic rings. The molecular weight excluding hydrogens is 333 g/mol. The summed E-state index contributed by atoms with van der Waals surface area (Å²) in [7, 11) is 1.79. The lowest BCUT2D eigenvalue weighted by molar-refractivity contribution is 0.186. The second-order valence-corrected chi connectivity index (χ2v) is 6.78. The molecular formula is C20H26FN3O2. The molecule has 1 heterocycles. The van der Waals surface area contributed by atoms with Crippen LogP contribution in [-0.2, 0) is 6.54 Å². The standard InChI is InChI=1S/C20H26FN3O2/c1-14(2)11-15(3)24(4)20(25)23-13-16-7-6-10-22-19(16)26-18-9-5-8-17(21)12-18/h5-10,12,14-15H,11,13H2,1-4H3,(H,23,25). The maximum atomic E-state index is 13.3. The van der Waals surface area contributed by atoms with Crippen LogP contribution in [0, 0.1) is 11.7 Å². The van der Waals surface area contributed by atoms with Crippen molar-refractivity contribution in [1.29, 1.82) is 0 Å². The highest BCUT2D eigenvalue weighted by Gasteiger charge is 2.17. The molecule has 0 saturated carbocycles. The summed E-state index contributed by atoms with van der Waals surface area (Å²) < 4.78 is 19.0. The van der Waals surface area contributed by atoms with E-state index in [1.165, 1.54) is 12.1 Å². The molecule has 1 aromatic carbocycles. The first-order valence-corrected chi connectivity index (χ1v) is 8.74. The van der Waals surface area contributed by atoms with Crippen molar-refractivity contribution in [1.82, 2.24) is 15.2 Å². The number of halogens is 1. The zero-order valence-electron chi connectivity index (χ0n) is 15.7. The number of ether oxygens (including phenoxy) is 1. The smallest absolute Gasteiger partial charge is 0.317 e. The zero-order valence-corrected chi connectivity index (χ0v) is 15.7. The van der Waals surface area contributed by atoms with Crippen molar-refractivity contribution < 1.29 is 13.9 Å². The van der Waals surface area contributed by atoms with Gasteiger partial charge in [0.1, 0.15) is 11.6 Å². The number of amides is 2. The van der Waals surface area contributed by atoms with Gasteiger partial charge in [-0.15, -0.1) is 0 Å². The molecule has 2 rings (SSSR count). The fourth-order valence-corrected chi connectivity index (χ4v) is 2.63. The molecule has 1 atom stereocenters. The molecule has 1 N–H and O–H groups in total. The number of hydrogen-bond donors (Lipinski definition) is 1. The van der Waals surface area contributed by atoms with Gasteiger partial charge in [-0.3, -0.25) is 0 Å². The molecule has 1 unspecified atom stereocenters. The van der Waals surface area contributed by atoms with Crippen LogP contribution < -0.4 is 10.1 Å². The Morgan fingerprint density at radius 3 is 2.73 bits per heavy atom. The van der Waals surface area contributed by atoms with Gasteiger partial charge < -0.3 is 15.0 Å². The second kappa shape index (κ2) is 9.17. The zero-order chi connectivity index (χ0) is 19.1. The summed E-state index contributed by atoms with van der Waals surface area (Å²) in [5, 5.41) is 2.88. The average Bonchev–Trinajstić information content (AvgIpc) is 2.59. The summed E-state index contributed by atoms with van der Waals surface area (Å²) in [4.78, 5) is 18.2. The number of urea groups is 1. The van der Waals surface area contributed by atoms with Crippen LogP contribution in [-0.4, -0.2) is 29.0 Å². The van der Waals surface area contributed by atoms with Gasteiger partial charge in [0, 0.05) is 37.5 Å². The molecule has 140 valence electrons. The highest BCUT2D eigenvalue weighted by atomic mass is 19.1. The van der Waals surface area contributed by atoms with Crippen molar-refractivity contribution in [3.8, 4) is 11.6 Å². The predicted octanol–water partition coefficient (Wildman–Crippen LogP) is 4.59. The predicted molar refractivity (Wildman–Crippen MR) is 99.6 cm³/mol. The minimum Gasteiger partial charge on any atom is -0.439 e. The minimum absolute atomic E-state index is 0.145. The average molecular weight is 359 g/mol. The second-order valence-electron chi connectivity index (χ2n) is 6.78. The normalized spacial score (nSPS) is 11.9. The van der Waals surface area contributed by atoms with Crippen LogP contribution in [0.4, 0.5) is 9.18 Å². The monoisotopic (exact) mass is 359 g/mol. The van der Waals surface area contributed by atoms with E-state index in [0.717, 1.165) is 12.0 Å². The Bertz CT molecular complexity index is 737. The topological polar surface area (TPSA) is 54.5 Å². The van der Waals surface area contributed by atoms with Crippen molar-refractivity contribution in [2.45, 2.75) is 39.8 Å². The largest absolute Gasteiger partial charge is 0.439 e. The Morgan fingerprint density at radius 1 is 1.27 bits per heavy atom. The van der Waals surface area contributed by atoms with E-state index in [2.05, 4.69) is 24.1 Å². The van der Waals surface area contributed by atoms with Gasteiger partial charge in [0.15, 0.2) is 0 Å². The lowest BCUT2D eigenvalue weighted by atomic mass is 10.0. The van der Waals surface area contributed by atoms with Crippen molar-refractivity contribution >= 4 is 6.03 Å². The Kier molecular flexibility index (Phi) is 6.95. The van der Waals surface area contributed by atoms with E-state index in [9.17, 15) is 9.18 Å². The van der Waals surface area contributed by atoms with Gasteiger partial charge in [-0.25, -0.2) is 14.2 Å². The Hall–Kier alpha value is -2.63. The van der Waals surface area contributed by atoms with E-state index in [4.69, 9.17) is 4.74 Å². The first-order valence-electron chi connectivity index (χ1n) is 8.74. The Labute approximate surface area is 154 Å². The molecule has 2 aromatic rings. The minimum atomic E-state index is -0.381. The highest BCUT2D eigenvalue weighted by Crippen LogP contribution is 2.23. The van der Waals surface area contributed by atoms with Gasteiger partial charge in [0.05, 0.1) is 0 Å². The number of nitrogens with one attached hydrogen (secondary N) is 1. The Morgan fingerprint density at radius 2 is 2.04 bits per heavy atom. The summed E-state index contributed by atoms with van der Waals surface area (Å²) >= 11 is 0. The van der Waals surface area contributed by atoms with Gasteiger partial charge in [0.2, 0.25) is 5.88 Å². The van der Waals surface area contributed by atoms with Gasteiger partial charge in [-0.1, -0.05) is 26.0 Å². The molecule has 0 saturated heterocycles. The van der Waals surface area contributed by atoms with E-state index in [1.807, 2.05) is 13.0 Å². The van der Waals surface area contributed by atoms with Crippen molar-refractivity contribution in [2.75, 3.05) is 7.05 Å². The number of nitrogens with zero attached hydrogens (tertiary/aromatic N) is 2. The van der Waals surface area contributed by atoms with Crippen molar-refractivity contribution in [3.05, 3.63) is 54.0 Å². The van der Waals surface area contributed by atoms with Crippen LogP contribution in [0.1, 0.15) is 32.8 Å². The number of carbonyl (C=O) groups is 1. The number of benzene rings is 1. The lowest BCUT2D eigenvalue weighted by Crippen LogP contribution is -2.42. The van der Waals surface area contributed by atoms with Crippen molar-refractivity contribution in [2.24, 2.45) is 5.92 Å². The van der Waals surface area contributed by atoms with E-state index < -0.39 is 0 Å². The van der Waals surface area contributed by atoms with Gasteiger partial charge in [-0.05, 0) is 37.5 Å². The highest BCUT2D eigenvalue weighted by molar-refractivity contribution is 5.74. The summed E-state index contributed by atoms with van der Waals surface area (Å²) in [6.45, 7) is 6.57. The summed E-state index contributed by atoms with van der Waals surface area (Å²) in [6, 6.07) is 9.44. The molecule has 0 fully saturated rings. The fraction of sp³-hybridized carbons (Fsp3) is 0.400. The van der Waals surface area contributed by atoms with Crippen LogP contribution in [0.2, 0.25) is 0 Å². The van der Waals surface area contributed by atoms with Crippen LogP contribution in [0.5, 0.6) is 11.6 Å². The summed E-state index contributed by atoms with van der Waals surface area (Å²) in [5.74, 6) is 0.842. The van der Waals surface area contributed by atoms with Crippen LogP contribution >= 0.6 is 0 Å². The van der Waals surface area contributed by atoms with E-state index in [1.54, 1.807) is 36.3 Å². The molecule has 0 radical (unpaired) electrons. The van der Waals surface area contributed by atoms with Crippen LogP contribution in [0.15, 0.2) is 42.6 Å². The Balaban J connectivity index is 2.00.